The quantitative estimate of drug-likeness (QED) is 0.414. The maximum absolute atomic E-state index is 11.8. The number of piperazine rings is 1. The van der Waals surface area contributed by atoms with Crippen LogP contribution in [0, 0.1) is 11.8 Å². The summed E-state index contributed by atoms with van der Waals surface area (Å²) in [6, 6.07) is 14.0. The highest BCUT2D eigenvalue weighted by atomic mass is 32.2. The van der Waals surface area contributed by atoms with E-state index in [1.807, 2.05) is 30.3 Å². The number of aliphatic carboxylic acids is 1. The molecule has 1 heterocycles. The number of amides is 1. The first-order valence-corrected chi connectivity index (χ1v) is 11.4. The summed E-state index contributed by atoms with van der Waals surface area (Å²) in [5.41, 5.74) is 8.25. The minimum absolute atomic E-state index is 0.220. The van der Waals surface area contributed by atoms with Crippen LogP contribution < -0.4 is 10.6 Å². The molecule has 174 valence electrons. The molecular weight excluding hydrogens is 444 g/mol. The van der Waals surface area contributed by atoms with Gasteiger partial charge in [-0.05, 0) is 49.4 Å². The van der Waals surface area contributed by atoms with Crippen molar-refractivity contribution in [2.75, 3.05) is 31.1 Å². The summed E-state index contributed by atoms with van der Waals surface area (Å²) in [5, 5.41) is 10.7. The van der Waals surface area contributed by atoms with Crippen LogP contribution in [-0.4, -0.2) is 67.4 Å². The van der Waals surface area contributed by atoms with Gasteiger partial charge in [-0.2, -0.15) is 0 Å². The average Bonchev–Trinajstić information content (AvgIpc) is 2.78. The van der Waals surface area contributed by atoms with Gasteiger partial charge < -0.3 is 15.7 Å². The molecule has 0 aliphatic carbocycles. The molecule has 9 nitrogen and oxygen atoms in total. The van der Waals surface area contributed by atoms with Gasteiger partial charge in [-0.3, -0.25) is 14.1 Å². The van der Waals surface area contributed by atoms with E-state index in [1.165, 1.54) is 4.41 Å². The number of hydrazine groups is 1. The van der Waals surface area contributed by atoms with Gasteiger partial charge in [0.2, 0.25) is 17.2 Å². The van der Waals surface area contributed by atoms with Crippen LogP contribution in [-0.2, 0) is 16.1 Å². The largest absolute Gasteiger partial charge is 0.481 e. The Morgan fingerprint density at radius 2 is 1.73 bits per heavy atom. The molecule has 2 aromatic carbocycles. The lowest BCUT2D eigenvalue weighted by Crippen LogP contribution is -2.57. The van der Waals surface area contributed by atoms with E-state index >= 15 is 0 Å². The summed E-state index contributed by atoms with van der Waals surface area (Å²) in [5.74, 6) is 4.60. The third-order valence-electron chi connectivity index (χ3n) is 5.27. The van der Waals surface area contributed by atoms with Crippen LogP contribution in [0.25, 0.3) is 0 Å². The molecule has 2 unspecified atom stereocenters. The lowest BCUT2D eigenvalue weighted by Gasteiger charge is -2.41. The predicted octanol–water partition coefficient (Wildman–Crippen LogP) is 1.52. The minimum Gasteiger partial charge on any atom is -0.481 e. The Labute approximate surface area is 195 Å². The van der Waals surface area contributed by atoms with Crippen LogP contribution in [0.1, 0.15) is 34.8 Å². The number of carboxylic acids is 1. The van der Waals surface area contributed by atoms with Gasteiger partial charge in [0.25, 0.3) is 0 Å². The molecule has 0 spiro atoms. The number of nitrogens with zero attached hydrogens (tertiary/aromatic N) is 3. The van der Waals surface area contributed by atoms with Crippen molar-refractivity contribution in [2.24, 2.45) is 5.73 Å². The number of nitrogens with two attached hydrogens (primary N) is 1. The molecule has 10 heteroatoms. The van der Waals surface area contributed by atoms with Gasteiger partial charge in [0.15, 0.2) is 0 Å². The summed E-state index contributed by atoms with van der Waals surface area (Å²) in [4.78, 5) is 24.4. The van der Waals surface area contributed by atoms with Crippen molar-refractivity contribution in [1.29, 1.82) is 0 Å². The first-order valence-electron chi connectivity index (χ1n) is 10.4. The van der Waals surface area contributed by atoms with E-state index < -0.39 is 29.2 Å². The molecule has 2 aromatic rings. The number of hydrogen-bond donors (Lipinski definition) is 3. The van der Waals surface area contributed by atoms with Crippen molar-refractivity contribution in [2.45, 2.75) is 19.4 Å². The smallest absolute Gasteiger partial charge is 0.305 e. The summed E-state index contributed by atoms with van der Waals surface area (Å²) >= 11 is -2.29. The van der Waals surface area contributed by atoms with E-state index in [-0.39, 0.29) is 6.42 Å². The molecule has 33 heavy (non-hydrogen) atoms. The maximum Gasteiger partial charge on any atom is 0.305 e. The van der Waals surface area contributed by atoms with Crippen molar-refractivity contribution < 1.29 is 23.5 Å². The molecule has 1 saturated heterocycles. The fourth-order valence-electron chi connectivity index (χ4n) is 3.66. The van der Waals surface area contributed by atoms with Crippen molar-refractivity contribution in [3.05, 3.63) is 65.2 Å². The summed E-state index contributed by atoms with van der Waals surface area (Å²) in [7, 11) is 0. The molecule has 1 amide bonds. The van der Waals surface area contributed by atoms with Gasteiger partial charge in [0.1, 0.15) is 0 Å². The Hall–Kier alpha value is -3.23. The van der Waals surface area contributed by atoms with Gasteiger partial charge >= 0.3 is 5.97 Å². The normalized spacial score (nSPS) is 16.0. The van der Waals surface area contributed by atoms with Crippen molar-refractivity contribution >= 4 is 28.8 Å². The molecule has 0 bridgehead atoms. The zero-order valence-electron chi connectivity index (χ0n) is 18.2. The molecule has 2 atom stereocenters. The number of rotatable bonds is 7. The van der Waals surface area contributed by atoms with Crippen LogP contribution >= 0.6 is 0 Å². The van der Waals surface area contributed by atoms with E-state index in [1.54, 1.807) is 30.1 Å². The van der Waals surface area contributed by atoms with E-state index in [9.17, 15) is 18.4 Å². The minimum atomic E-state index is -2.29. The molecule has 1 aliphatic rings. The Morgan fingerprint density at radius 1 is 1.09 bits per heavy atom. The number of primary amides is 1. The standard InChI is InChI=1S/C23H26N4O5S/c1-17(15-22(28)29)27(33(31)32)26-13-11-25(12-14-26)21-9-7-18(8-10-21)5-6-19-3-2-4-20(16-19)23(24)30/h2-4,7-10,16-17H,11-15H2,1H3,(H2,24,30)(H,28,29)(H,31,32). The molecular formula is C23H26N4O5S. The van der Waals surface area contributed by atoms with Crippen LogP contribution in [0.4, 0.5) is 5.69 Å². The molecule has 4 N–H and O–H groups in total. The van der Waals surface area contributed by atoms with E-state index in [0.717, 1.165) is 11.3 Å². The van der Waals surface area contributed by atoms with E-state index in [0.29, 0.717) is 37.3 Å². The molecule has 0 radical (unpaired) electrons. The molecule has 0 aromatic heterocycles. The number of hydrogen-bond acceptors (Lipinski definition) is 5. The number of carbonyl (C=O) groups is 2. The Bertz CT molecular complexity index is 1090. The van der Waals surface area contributed by atoms with Gasteiger partial charge in [0, 0.05) is 54.6 Å². The Balaban J connectivity index is 1.62. The number of anilines is 1. The second-order valence-corrected chi connectivity index (χ2v) is 8.50. The molecule has 3 rings (SSSR count). The number of benzene rings is 2. The lowest BCUT2D eigenvalue weighted by molar-refractivity contribution is -0.139. The van der Waals surface area contributed by atoms with Crippen LogP contribution in [0.2, 0.25) is 0 Å². The lowest BCUT2D eigenvalue weighted by atomic mass is 10.1. The van der Waals surface area contributed by atoms with Crippen LogP contribution in [0.5, 0.6) is 0 Å². The van der Waals surface area contributed by atoms with Crippen LogP contribution in [0.3, 0.4) is 0 Å². The van der Waals surface area contributed by atoms with Gasteiger partial charge in [-0.1, -0.05) is 17.9 Å². The van der Waals surface area contributed by atoms with Crippen molar-refractivity contribution in [3.8, 4) is 11.8 Å². The monoisotopic (exact) mass is 470 g/mol. The fourth-order valence-corrected chi connectivity index (χ4v) is 4.41. The zero-order chi connectivity index (χ0) is 24.0. The second kappa shape index (κ2) is 11.1. The first kappa shape index (κ1) is 24.4. The summed E-state index contributed by atoms with van der Waals surface area (Å²) in [6.45, 7) is 3.86. The number of carbonyl (C=O) groups excluding carboxylic acids is 1. The predicted molar refractivity (Wildman–Crippen MR) is 125 cm³/mol. The SMILES string of the molecule is CC(CC(=O)O)N(N1CCN(c2ccc(C#Cc3cccc(C(N)=O)c3)cc2)CC1)S(=O)O. The summed E-state index contributed by atoms with van der Waals surface area (Å²) in [6.07, 6.45) is -0.220. The third kappa shape index (κ3) is 6.63. The highest BCUT2D eigenvalue weighted by Gasteiger charge is 2.30. The average molecular weight is 471 g/mol. The van der Waals surface area contributed by atoms with Gasteiger partial charge in [0.05, 0.1) is 6.42 Å². The Kier molecular flexibility index (Phi) is 8.19. The highest BCUT2D eigenvalue weighted by Crippen LogP contribution is 2.20. The number of carboxylic acid groups (broad SMARTS) is 1. The van der Waals surface area contributed by atoms with Crippen molar-refractivity contribution in [1.82, 2.24) is 9.42 Å². The van der Waals surface area contributed by atoms with Crippen LogP contribution in [0.15, 0.2) is 48.5 Å². The van der Waals surface area contributed by atoms with Crippen molar-refractivity contribution in [3.63, 3.8) is 0 Å². The topological polar surface area (TPSA) is 127 Å². The molecule has 1 fully saturated rings. The zero-order valence-corrected chi connectivity index (χ0v) is 19.0. The fraction of sp³-hybridized carbons (Fsp3) is 0.304. The molecule has 1 aliphatic heterocycles. The Morgan fingerprint density at radius 3 is 2.30 bits per heavy atom. The molecule has 0 saturated carbocycles. The van der Waals surface area contributed by atoms with E-state index in [4.69, 9.17) is 10.8 Å². The third-order valence-corrected chi connectivity index (χ3v) is 6.18. The summed E-state index contributed by atoms with van der Waals surface area (Å²) < 4.78 is 22.7. The maximum atomic E-state index is 11.8. The second-order valence-electron chi connectivity index (χ2n) is 7.66. The van der Waals surface area contributed by atoms with E-state index in [2.05, 4.69) is 16.7 Å². The van der Waals surface area contributed by atoms with Gasteiger partial charge in [-0.25, -0.2) is 9.22 Å². The highest BCUT2D eigenvalue weighted by molar-refractivity contribution is 7.76. The van der Waals surface area contributed by atoms with Gasteiger partial charge in [-0.15, -0.1) is 4.41 Å². The first-order chi connectivity index (χ1) is 15.7.